The van der Waals surface area contributed by atoms with Crippen molar-refractivity contribution in [2.24, 2.45) is 0 Å². The molecule has 0 spiro atoms. The van der Waals surface area contributed by atoms with Crippen LogP contribution in [-0.4, -0.2) is 81.8 Å². The number of nitrogens with zero attached hydrogens (tertiary/aromatic N) is 3. The standard InChI is InChI=1S/C27H35N5O6S/c1-4-20-17-37-12-9-32(20)25-14-18(27(39(3,34)35)7-10-36-11-8-27)13-23(31-25)22-6-5-21-24(30-22)15-19(29-21)16-38-26(33)28-2/h5-6,13-15,20,29H,4,7-12,16-17H2,1-3H3,(H,28,33)/t20-/m0/s1. The van der Waals surface area contributed by atoms with Crippen LogP contribution in [0, 0.1) is 0 Å². The SMILES string of the molecule is CC[C@H]1COCCN1c1cc(C2(S(C)(=O)=O)CCOCC2)cc(-c2ccc3[nH]c(COC(=O)NC)cc3n2)n1. The minimum Gasteiger partial charge on any atom is -0.443 e. The largest absolute Gasteiger partial charge is 0.443 e. The average molecular weight is 558 g/mol. The quantitative estimate of drug-likeness (QED) is 0.449. The van der Waals surface area contributed by atoms with E-state index in [4.69, 9.17) is 24.2 Å². The van der Waals surface area contributed by atoms with Gasteiger partial charge in [-0.1, -0.05) is 6.92 Å². The van der Waals surface area contributed by atoms with Gasteiger partial charge < -0.3 is 29.4 Å². The molecule has 2 aliphatic rings. The Kier molecular flexibility index (Phi) is 7.79. The van der Waals surface area contributed by atoms with Crippen LogP contribution < -0.4 is 10.2 Å². The number of carbonyl (C=O) groups is 1. The van der Waals surface area contributed by atoms with Gasteiger partial charge >= 0.3 is 6.09 Å². The van der Waals surface area contributed by atoms with Crippen LogP contribution in [0.1, 0.15) is 37.4 Å². The first-order chi connectivity index (χ1) is 18.7. The molecule has 5 heterocycles. The van der Waals surface area contributed by atoms with E-state index in [1.807, 2.05) is 30.3 Å². The first-order valence-corrected chi connectivity index (χ1v) is 15.1. The van der Waals surface area contributed by atoms with Gasteiger partial charge in [-0.25, -0.2) is 23.2 Å². The molecule has 0 bridgehead atoms. The Morgan fingerprint density at radius 1 is 1.15 bits per heavy atom. The maximum absolute atomic E-state index is 13.3. The number of aromatic nitrogens is 3. The van der Waals surface area contributed by atoms with Gasteiger partial charge in [-0.2, -0.15) is 0 Å². The summed E-state index contributed by atoms with van der Waals surface area (Å²) in [5.74, 6) is 0.725. The Balaban J connectivity index is 1.61. The Labute approximate surface area is 228 Å². The summed E-state index contributed by atoms with van der Waals surface area (Å²) in [5, 5.41) is 2.42. The van der Waals surface area contributed by atoms with Crippen molar-refractivity contribution in [3.63, 3.8) is 0 Å². The molecule has 0 saturated carbocycles. The molecule has 0 unspecified atom stereocenters. The van der Waals surface area contributed by atoms with E-state index in [1.165, 1.54) is 13.3 Å². The number of sulfone groups is 1. The molecule has 1 atom stereocenters. The number of pyridine rings is 2. The number of aromatic amines is 1. The van der Waals surface area contributed by atoms with E-state index in [1.54, 1.807) is 0 Å². The third kappa shape index (κ3) is 5.45. The number of amides is 1. The van der Waals surface area contributed by atoms with Gasteiger partial charge in [0.2, 0.25) is 0 Å². The van der Waals surface area contributed by atoms with Crippen LogP contribution in [0.15, 0.2) is 30.3 Å². The number of carbonyl (C=O) groups excluding carboxylic acids is 1. The summed E-state index contributed by atoms with van der Waals surface area (Å²) in [4.78, 5) is 26.8. The molecule has 3 aromatic heterocycles. The van der Waals surface area contributed by atoms with Crippen molar-refractivity contribution in [1.82, 2.24) is 20.3 Å². The molecule has 2 N–H and O–H groups in total. The third-order valence-electron chi connectivity index (χ3n) is 7.70. The summed E-state index contributed by atoms with van der Waals surface area (Å²) in [5.41, 5.74) is 4.13. The van der Waals surface area contributed by atoms with Gasteiger partial charge in [0.05, 0.1) is 47.4 Å². The Hall–Kier alpha value is -3.22. The second kappa shape index (κ2) is 11.1. The predicted octanol–water partition coefficient (Wildman–Crippen LogP) is 3.15. The predicted molar refractivity (Wildman–Crippen MR) is 147 cm³/mol. The van der Waals surface area contributed by atoms with Gasteiger partial charge in [0.1, 0.15) is 17.2 Å². The minimum absolute atomic E-state index is 0.0810. The molecule has 11 nitrogen and oxygen atoms in total. The number of anilines is 1. The molecule has 1 amide bonds. The zero-order chi connectivity index (χ0) is 27.6. The first kappa shape index (κ1) is 27.4. The lowest BCUT2D eigenvalue weighted by Gasteiger charge is -2.39. The maximum Gasteiger partial charge on any atom is 0.407 e. The molecular formula is C27H35N5O6S. The molecule has 5 rings (SSSR count). The molecule has 210 valence electrons. The number of rotatable bonds is 7. The molecule has 2 fully saturated rings. The van der Waals surface area contributed by atoms with E-state index >= 15 is 0 Å². The van der Waals surface area contributed by atoms with Crippen molar-refractivity contribution in [3.05, 3.63) is 41.6 Å². The number of alkyl carbamates (subject to hydrolysis) is 1. The van der Waals surface area contributed by atoms with Crippen molar-refractivity contribution in [1.29, 1.82) is 0 Å². The summed E-state index contributed by atoms with van der Waals surface area (Å²) in [6.45, 7) is 4.79. The number of hydrogen-bond acceptors (Lipinski definition) is 9. The van der Waals surface area contributed by atoms with Crippen molar-refractivity contribution in [2.75, 3.05) is 51.2 Å². The highest BCUT2D eigenvalue weighted by molar-refractivity contribution is 7.91. The summed E-state index contributed by atoms with van der Waals surface area (Å²) in [6.07, 6.45) is 2.44. The lowest BCUT2D eigenvalue weighted by atomic mass is 9.90. The highest BCUT2D eigenvalue weighted by Gasteiger charge is 2.44. The zero-order valence-electron chi connectivity index (χ0n) is 22.5. The van der Waals surface area contributed by atoms with E-state index in [0.717, 1.165) is 17.8 Å². The maximum atomic E-state index is 13.3. The van der Waals surface area contributed by atoms with Crippen LogP contribution in [0.4, 0.5) is 10.6 Å². The average Bonchev–Trinajstić information content (AvgIpc) is 3.37. The van der Waals surface area contributed by atoms with Crippen molar-refractivity contribution in [2.45, 2.75) is 43.6 Å². The van der Waals surface area contributed by atoms with Gasteiger partial charge in [0.25, 0.3) is 0 Å². The minimum atomic E-state index is -3.48. The van der Waals surface area contributed by atoms with Crippen LogP contribution in [0.2, 0.25) is 0 Å². The third-order valence-corrected chi connectivity index (χ3v) is 9.76. The van der Waals surface area contributed by atoms with Crippen LogP contribution in [-0.2, 0) is 35.4 Å². The van der Waals surface area contributed by atoms with Crippen LogP contribution >= 0.6 is 0 Å². The monoisotopic (exact) mass is 557 g/mol. The van der Waals surface area contributed by atoms with Gasteiger partial charge in [-0.05, 0) is 55.2 Å². The Morgan fingerprint density at radius 2 is 1.95 bits per heavy atom. The number of nitrogens with one attached hydrogen (secondary N) is 2. The first-order valence-electron chi connectivity index (χ1n) is 13.2. The number of ether oxygens (including phenoxy) is 3. The number of fused-ring (bicyclic) bond motifs is 1. The van der Waals surface area contributed by atoms with Gasteiger partial charge in [-0.15, -0.1) is 0 Å². The molecule has 2 aliphatic heterocycles. The highest BCUT2D eigenvalue weighted by Crippen LogP contribution is 2.42. The van der Waals surface area contributed by atoms with E-state index in [0.29, 0.717) is 74.0 Å². The second-order valence-corrected chi connectivity index (χ2v) is 12.4. The summed E-state index contributed by atoms with van der Waals surface area (Å²) in [6, 6.07) is 9.55. The summed E-state index contributed by atoms with van der Waals surface area (Å²) in [7, 11) is -1.97. The van der Waals surface area contributed by atoms with E-state index < -0.39 is 20.7 Å². The molecule has 0 aromatic carbocycles. The lowest BCUT2D eigenvalue weighted by Crippen LogP contribution is -2.46. The summed E-state index contributed by atoms with van der Waals surface area (Å²) >= 11 is 0. The van der Waals surface area contributed by atoms with E-state index in [-0.39, 0.29) is 12.6 Å². The Morgan fingerprint density at radius 3 is 2.67 bits per heavy atom. The molecule has 0 radical (unpaired) electrons. The Bertz CT molecular complexity index is 1450. The van der Waals surface area contributed by atoms with Crippen LogP contribution in [0.25, 0.3) is 22.4 Å². The highest BCUT2D eigenvalue weighted by atomic mass is 32.2. The lowest BCUT2D eigenvalue weighted by molar-refractivity contribution is 0.0741. The molecule has 2 saturated heterocycles. The van der Waals surface area contributed by atoms with E-state index in [2.05, 4.69) is 22.1 Å². The number of H-pyrrole nitrogens is 1. The van der Waals surface area contributed by atoms with Crippen molar-refractivity contribution < 1.29 is 27.4 Å². The van der Waals surface area contributed by atoms with Crippen molar-refractivity contribution >= 4 is 32.8 Å². The fourth-order valence-electron chi connectivity index (χ4n) is 5.43. The molecule has 12 heteroatoms. The number of morpholine rings is 1. The molecular weight excluding hydrogens is 522 g/mol. The van der Waals surface area contributed by atoms with Crippen LogP contribution in [0.5, 0.6) is 0 Å². The van der Waals surface area contributed by atoms with Crippen molar-refractivity contribution in [3.8, 4) is 11.4 Å². The zero-order valence-corrected chi connectivity index (χ0v) is 23.3. The topological polar surface area (TPSA) is 136 Å². The normalized spacial score (nSPS) is 19.7. The van der Waals surface area contributed by atoms with Gasteiger partial charge in [-0.3, -0.25) is 0 Å². The van der Waals surface area contributed by atoms with E-state index in [9.17, 15) is 13.2 Å². The number of hydrogen-bond donors (Lipinski definition) is 2. The smallest absolute Gasteiger partial charge is 0.407 e. The van der Waals surface area contributed by atoms with Crippen LogP contribution in [0.3, 0.4) is 0 Å². The second-order valence-electron chi connectivity index (χ2n) is 10.1. The summed E-state index contributed by atoms with van der Waals surface area (Å²) < 4.78 is 42.0. The van der Waals surface area contributed by atoms with Gasteiger partial charge in [0.15, 0.2) is 9.84 Å². The molecule has 39 heavy (non-hydrogen) atoms. The molecule has 0 aliphatic carbocycles. The molecule has 3 aromatic rings. The fraction of sp³-hybridized carbons (Fsp3) is 0.519. The fourth-order valence-corrected chi connectivity index (χ4v) is 6.88. The van der Waals surface area contributed by atoms with Gasteiger partial charge in [0, 0.05) is 33.1 Å².